The maximum Gasteiger partial charge on any atom is 0.338 e. The highest BCUT2D eigenvalue weighted by atomic mass is 32.2. The van der Waals surface area contributed by atoms with Gasteiger partial charge in [0.1, 0.15) is 5.25 Å². The van der Waals surface area contributed by atoms with E-state index in [9.17, 15) is 19.5 Å². The zero-order valence-corrected chi connectivity index (χ0v) is 14.7. The van der Waals surface area contributed by atoms with E-state index in [-0.39, 0.29) is 11.7 Å². The van der Waals surface area contributed by atoms with Gasteiger partial charge in [-0.1, -0.05) is 54.2 Å². The predicted molar refractivity (Wildman–Crippen MR) is 96.5 cm³/mol. The van der Waals surface area contributed by atoms with Crippen molar-refractivity contribution in [3.8, 4) is 11.1 Å². The van der Waals surface area contributed by atoms with Crippen molar-refractivity contribution >= 4 is 28.8 Å². The minimum atomic E-state index is -1.07. The van der Waals surface area contributed by atoms with Crippen LogP contribution >= 0.6 is 11.8 Å². The summed E-state index contributed by atoms with van der Waals surface area (Å²) >= 11 is 0.765. The molecule has 0 aliphatic carbocycles. The van der Waals surface area contributed by atoms with Crippen molar-refractivity contribution in [3.05, 3.63) is 59.7 Å². The second-order valence-electron chi connectivity index (χ2n) is 5.22. The van der Waals surface area contributed by atoms with Gasteiger partial charge in [0.05, 0.1) is 12.2 Å². The van der Waals surface area contributed by atoms with E-state index in [0.29, 0.717) is 16.7 Å². The lowest BCUT2D eigenvalue weighted by molar-refractivity contribution is -0.136. The van der Waals surface area contributed by atoms with Crippen LogP contribution in [0.5, 0.6) is 0 Å². The Hall–Kier alpha value is -2.60. The molecule has 130 valence electrons. The first-order valence-electron chi connectivity index (χ1n) is 7.70. The molecule has 25 heavy (non-hydrogen) atoms. The summed E-state index contributed by atoms with van der Waals surface area (Å²) in [6, 6.07) is 13.9. The quantitative estimate of drug-likeness (QED) is 0.788. The number of ether oxygens (including phenoxy) is 1. The van der Waals surface area contributed by atoms with Gasteiger partial charge in [-0.3, -0.25) is 9.59 Å². The molecule has 0 spiro atoms. The Morgan fingerprint density at radius 1 is 1.08 bits per heavy atom. The van der Waals surface area contributed by atoms with Crippen LogP contribution in [0.1, 0.15) is 35.0 Å². The van der Waals surface area contributed by atoms with Gasteiger partial charge in [-0.15, -0.1) is 0 Å². The number of carbonyl (C=O) groups excluding carboxylic acids is 2. The van der Waals surface area contributed by atoms with E-state index in [2.05, 4.69) is 0 Å². The number of thioether (sulfide) groups is 1. The first-order chi connectivity index (χ1) is 11.9. The third-order valence-electron chi connectivity index (χ3n) is 3.45. The van der Waals surface area contributed by atoms with Crippen molar-refractivity contribution in [3.63, 3.8) is 0 Å². The number of hydrogen-bond acceptors (Lipinski definition) is 5. The highest BCUT2D eigenvalue weighted by molar-refractivity contribution is 8.14. The Labute approximate surface area is 150 Å². The van der Waals surface area contributed by atoms with Gasteiger partial charge in [0.2, 0.25) is 0 Å². The number of aliphatic carboxylic acids is 1. The minimum absolute atomic E-state index is 0.260. The van der Waals surface area contributed by atoms with E-state index >= 15 is 0 Å². The normalized spacial score (nSPS) is 11.6. The number of rotatable bonds is 6. The fourth-order valence-corrected chi connectivity index (χ4v) is 3.11. The first-order valence-corrected chi connectivity index (χ1v) is 8.58. The number of carbonyl (C=O) groups is 3. The van der Waals surface area contributed by atoms with Gasteiger partial charge in [0.25, 0.3) is 0 Å². The van der Waals surface area contributed by atoms with Crippen molar-refractivity contribution in [2.24, 2.45) is 0 Å². The molecular weight excluding hydrogens is 340 g/mol. The number of benzene rings is 2. The second kappa shape index (κ2) is 8.48. The molecule has 1 atom stereocenters. The molecule has 2 rings (SSSR count). The summed E-state index contributed by atoms with van der Waals surface area (Å²) in [5, 5.41) is 8.09. The van der Waals surface area contributed by atoms with E-state index < -0.39 is 17.2 Å². The van der Waals surface area contributed by atoms with E-state index in [1.54, 1.807) is 49.4 Å². The Morgan fingerprint density at radius 3 is 2.28 bits per heavy atom. The Bertz CT molecular complexity index is 783. The smallest absolute Gasteiger partial charge is 0.338 e. The van der Waals surface area contributed by atoms with Gasteiger partial charge in [0.15, 0.2) is 5.12 Å². The zero-order chi connectivity index (χ0) is 18.4. The molecule has 0 aliphatic rings. The summed E-state index contributed by atoms with van der Waals surface area (Å²) in [5.74, 6) is -1.47. The Morgan fingerprint density at radius 2 is 1.72 bits per heavy atom. The fraction of sp³-hybridized carbons (Fsp3) is 0.211. The molecule has 0 saturated heterocycles. The summed E-state index contributed by atoms with van der Waals surface area (Å²) in [6.45, 7) is 3.37. The Kier molecular flexibility index (Phi) is 6.36. The molecule has 0 saturated carbocycles. The lowest BCUT2D eigenvalue weighted by Gasteiger charge is -2.12. The summed E-state index contributed by atoms with van der Waals surface area (Å²) in [7, 11) is 0. The highest BCUT2D eigenvalue weighted by Crippen LogP contribution is 2.32. The van der Waals surface area contributed by atoms with Crippen LogP contribution in [0.25, 0.3) is 11.1 Å². The molecule has 0 bridgehead atoms. The van der Waals surface area contributed by atoms with Gasteiger partial charge in [-0.05, 0) is 29.7 Å². The fourth-order valence-electron chi connectivity index (χ4n) is 2.39. The molecule has 5 nitrogen and oxygen atoms in total. The molecule has 0 heterocycles. The van der Waals surface area contributed by atoms with E-state index in [1.165, 1.54) is 6.92 Å². The van der Waals surface area contributed by atoms with Crippen LogP contribution in [0.3, 0.4) is 0 Å². The maximum absolute atomic E-state index is 12.1. The van der Waals surface area contributed by atoms with Crippen molar-refractivity contribution in [2.45, 2.75) is 19.1 Å². The Balaban J connectivity index is 2.36. The third-order valence-corrected chi connectivity index (χ3v) is 4.50. The molecule has 2 aromatic rings. The van der Waals surface area contributed by atoms with Gasteiger partial charge >= 0.3 is 11.9 Å². The van der Waals surface area contributed by atoms with Crippen LogP contribution in [0.4, 0.5) is 0 Å². The molecule has 1 N–H and O–H groups in total. The summed E-state index contributed by atoms with van der Waals surface area (Å²) in [4.78, 5) is 34.7. The predicted octanol–water partition coefficient (Wildman–Crippen LogP) is 3.94. The lowest BCUT2D eigenvalue weighted by Crippen LogP contribution is -2.10. The SMILES string of the molecule is CCOC(=O)c1ccccc1-c1ccc(C(SC(C)=O)C(=O)O)cc1. The summed E-state index contributed by atoms with van der Waals surface area (Å²) in [5.41, 5.74) is 2.44. The third kappa shape index (κ3) is 4.70. The van der Waals surface area contributed by atoms with Gasteiger partial charge in [0, 0.05) is 6.92 Å². The summed E-state index contributed by atoms with van der Waals surface area (Å²) in [6.07, 6.45) is 0. The molecule has 0 aromatic heterocycles. The van der Waals surface area contributed by atoms with Crippen molar-refractivity contribution < 1.29 is 24.2 Å². The topological polar surface area (TPSA) is 80.7 Å². The molecule has 0 amide bonds. The van der Waals surface area contributed by atoms with Crippen LogP contribution < -0.4 is 0 Å². The molecule has 6 heteroatoms. The molecule has 0 fully saturated rings. The maximum atomic E-state index is 12.1. The van der Waals surface area contributed by atoms with E-state index in [0.717, 1.165) is 17.3 Å². The average molecular weight is 358 g/mol. The van der Waals surface area contributed by atoms with Crippen LogP contribution in [-0.2, 0) is 14.3 Å². The van der Waals surface area contributed by atoms with Crippen molar-refractivity contribution in [2.75, 3.05) is 6.61 Å². The van der Waals surface area contributed by atoms with Crippen LogP contribution in [0.15, 0.2) is 48.5 Å². The number of carboxylic acid groups (broad SMARTS) is 1. The van der Waals surface area contributed by atoms with Crippen LogP contribution in [0.2, 0.25) is 0 Å². The van der Waals surface area contributed by atoms with E-state index in [4.69, 9.17) is 4.74 Å². The lowest BCUT2D eigenvalue weighted by atomic mass is 9.98. The van der Waals surface area contributed by atoms with Gasteiger partial charge < -0.3 is 9.84 Å². The minimum Gasteiger partial charge on any atom is -0.480 e. The number of carboxylic acids is 1. The monoisotopic (exact) mass is 358 g/mol. The average Bonchev–Trinajstić information content (AvgIpc) is 2.60. The van der Waals surface area contributed by atoms with Gasteiger partial charge in [-0.2, -0.15) is 0 Å². The van der Waals surface area contributed by atoms with Gasteiger partial charge in [-0.25, -0.2) is 4.79 Å². The standard InChI is InChI=1S/C19H18O5S/c1-3-24-19(23)16-7-5-4-6-15(16)13-8-10-14(11-9-13)17(18(21)22)25-12(2)20/h4-11,17H,3H2,1-2H3,(H,21,22). The zero-order valence-electron chi connectivity index (χ0n) is 13.9. The van der Waals surface area contributed by atoms with Crippen molar-refractivity contribution in [1.82, 2.24) is 0 Å². The molecule has 0 aliphatic heterocycles. The van der Waals surface area contributed by atoms with Crippen LogP contribution in [0, 0.1) is 0 Å². The first kappa shape index (κ1) is 18.7. The van der Waals surface area contributed by atoms with Crippen molar-refractivity contribution in [1.29, 1.82) is 0 Å². The molecule has 1 unspecified atom stereocenters. The molecule has 2 aromatic carbocycles. The molecule has 0 radical (unpaired) electrons. The molecular formula is C19H18O5S. The number of esters is 1. The van der Waals surface area contributed by atoms with E-state index in [1.807, 2.05) is 6.07 Å². The summed E-state index contributed by atoms with van der Waals surface area (Å²) < 4.78 is 5.07. The number of hydrogen-bond donors (Lipinski definition) is 1. The highest BCUT2D eigenvalue weighted by Gasteiger charge is 2.22. The van der Waals surface area contributed by atoms with Crippen LogP contribution in [-0.4, -0.2) is 28.8 Å². The second-order valence-corrected chi connectivity index (χ2v) is 6.50. The largest absolute Gasteiger partial charge is 0.480 e.